The Hall–Kier alpha value is -2.90. The fourth-order valence-corrected chi connectivity index (χ4v) is 5.46. The van der Waals surface area contributed by atoms with Crippen molar-refractivity contribution < 1.29 is 8.42 Å². The molecule has 31 heavy (non-hydrogen) atoms. The maximum Gasteiger partial charge on any atom is 0.271 e. The second kappa shape index (κ2) is 8.69. The maximum absolute atomic E-state index is 13.3. The van der Waals surface area contributed by atoms with Crippen LogP contribution in [0, 0.1) is 13.8 Å². The van der Waals surface area contributed by atoms with Crippen LogP contribution in [0.25, 0.3) is 0 Å². The van der Waals surface area contributed by atoms with Gasteiger partial charge in [0.15, 0.2) is 0 Å². The Bertz CT molecular complexity index is 1230. The van der Waals surface area contributed by atoms with E-state index in [1.54, 1.807) is 12.3 Å². The summed E-state index contributed by atoms with van der Waals surface area (Å²) in [7, 11) is -3.86. The van der Waals surface area contributed by atoms with Gasteiger partial charge in [-0.1, -0.05) is 42.0 Å². The Morgan fingerprint density at radius 1 is 0.871 bits per heavy atom. The summed E-state index contributed by atoms with van der Waals surface area (Å²) >= 11 is 0. The molecule has 1 fully saturated rings. The second-order valence-corrected chi connectivity index (χ2v) is 9.87. The van der Waals surface area contributed by atoms with Crippen molar-refractivity contribution in [1.82, 2.24) is 8.87 Å². The molecule has 0 unspecified atom stereocenters. The minimum Gasteiger partial charge on any atom is -0.369 e. The van der Waals surface area contributed by atoms with Crippen LogP contribution >= 0.6 is 0 Å². The van der Waals surface area contributed by atoms with E-state index in [4.69, 9.17) is 0 Å². The number of para-hydroxylation sites is 1. The Morgan fingerprint density at radius 3 is 2.29 bits per heavy atom. The third-order valence-electron chi connectivity index (χ3n) is 5.81. The molecule has 1 aliphatic rings. The van der Waals surface area contributed by atoms with Crippen molar-refractivity contribution in [1.29, 1.82) is 0 Å². The van der Waals surface area contributed by atoms with Crippen molar-refractivity contribution in [3.63, 3.8) is 0 Å². The van der Waals surface area contributed by atoms with Gasteiger partial charge in [-0.25, -0.2) is 8.42 Å². The number of piperazine rings is 1. The molecule has 1 aliphatic heterocycles. The highest BCUT2D eigenvalue weighted by molar-refractivity contribution is 7.89. The monoisotopic (exact) mass is 437 g/mol. The van der Waals surface area contributed by atoms with E-state index in [0.29, 0.717) is 32.7 Å². The van der Waals surface area contributed by atoms with Crippen molar-refractivity contribution in [3.8, 4) is 0 Å². The summed E-state index contributed by atoms with van der Waals surface area (Å²) in [5, 5.41) is 0. The van der Waals surface area contributed by atoms with E-state index in [-0.39, 0.29) is 4.90 Å². The molecule has 1 aromatic heterocycles. The van der Waals surface area contributed by atoms with Crippen molar-refractivity contribution in [3.05, 3.63) is 93.9 Å². The maximum atomic E-state index is 13.3. The zero-order chi connectivity index (χ0) is 22.0. The summed E-state index contributed by atoms with van der Waals surface area (Å²) < 4.78 is 29.4. The molecule has 162 valence electrons. The van der Waals surface area contributed by atoms with E-state index in [1.165, 1.54) is 14.9 Å². The molecule has 0 aliphatic carbocycles. The van der Waals surface area contributed by atoms with Crippen molar-refractivity contribution in [2.75, 3.05) is 31.1 Å². The topological polar surface area (TPSA) is 62.6 Å². The predicted molar refractivity (Wildman–Crippen MR) is 123 cm³/mol. The molecule has 0 amide bonds. The quantitative estimate of drug-likeness (QED) is 0.616. The molecular weight excluding hydrogens is 410 g/mol. The summed E-state index contributed by atoms with van der Waals surface area (Å²) in [5.41, 5.74) is 3.79. The van der Waals surface area contributed by atoms with Crippen LogP contribution in [0.1, 0.15) is 16.7 Å². The molecule has 2 aromatic carbocycles. The highest BCUT2D eigenvalue weighted by atomic mass is 32.2. The first-order valence-corrected chi connectivity index (χ1v) is 11.9. The van der Waals surface area contributed by atoms with Crippen molar-refractivity contribution in [2.45, 2.75) is 25.3 Å². The Labute approximate surface area is 183 Å². The Balaban J connectivity index is 1.56. The SMILES string of the molecule is Cc1ccc(C)c(Cn2cccc(S(=O)(=O)N3CCN(c4ccccc4)CC3)c2=O)c1. The van der Waals surface area contributed by atoms with E-state index in [9.17, 15) is 13.2 Å². The van der Waals surface area contributed by atoms with Gasteiger partial charge in [0.25, 0.3) is 5.56 Å². The van der Waals surface area contributed by atoms with E-state index < -0.39 is 15.6 Å². The van der Waals surface area contributed by atoms with Crippen LogP contribution in [0.4, 0.5) is 5.69 Å². The largest absolute Gasteiger partial charge is 0.369 e. The van der Waals surface area contributed by atoms with Crippen LogP contribution in [0.5, 0.6) is 0 Å². The number of sulfonamides is 1. The number of rotatable bonds is 5. The molecule has 2 heterocycles. The van der Waals surface area contributed by atoms with Crippen molar-refractivity contribution >= 4 is 15.7 Å². The Kier molecular flexibility index (Phi) is 5.98. The smallest absolute Gasteiger partial charge is 0.271 e. The molecule has 0 spiro atoms. The van der Waals surface area contributed by atoms with Gasteiger partial charge in [0, 0.05) is 38.1 Å². The van der Waals surface area contributed by atoms with Gasteiger partial charge in [0.05, 0.1) is 6.54 Å². The summed E-state index contributed by atoms with van der Waals surface area (Å²) in [6.45, 7) is 6.22. The number of nitrogens with zero attached hydrogens (tertiary/aromatic N) is 3. The van der Waals surface area contributed by atoms with E-state index in [2.05, 4.69) is 4.90 Å². The van der Waals surface area contributed by atoms with E-state index in [1.807, 2.05) is 62.4 Å². The van der Waals surface area contributed by atoms with Gasteiger partial charge >= 0.3 is 0 Å². The lowest BCUT2D eigenvalue weighted by molar-refractivity contribution is 0.384. The average Bonchev–Trinajstić information content (AvgIpc) is 2.78. The van der Waals surface area contributed by atoms with Gasteiger partial charge in [-0.05, 0) is 49.2 Å². The lowest BCUT2D eigenvalue weighted by atomic mass is 10.1. The van der Waals surface area contributed by atoms with E-state index >= 15 is 0 Å². The molecule has 7 heteroatoms. The van der Waals surface area contributed by atoms with Crippen LogP contribution in [-0.2, 0) is 16.6 Å². The minimum atomic E-state index is -3.86. The molecule has 3 aromatic rings. The zero-order valence-electron chi connectivity index (χ0n) is 17.9. The van der Waals surface area contributed by atoms with Gasteiger partial charge in [-0.2, -0.15) is 4.31 Å². The first-order valence-electron chi connectivity index (χ1n) is 10.4. The number of pyridine rings is 1. The number of anilines is 1. The summed E-state index contributed by atoms with van der Waals surface area (Å²) in [6, 6.07) is 19.1. The fraction of sp³-hybridized carbons (Fsp3) is 0.292. The predicted octanol–water partition coefficient (Wildman–Crippen LogP) is 3.02. The first-order chi connectivity index (χ1) is 14.9. The highest BCUT2D eigenvalue weighted by Crippen LogP contribution is 2.20. The van der Waals surface area contributed by atoms with Crippen LogP contribution < -0.4 is 10.5 Å². The summed E-state index contributed by atoms with van der Waals surface area (Å²) in [4.78, 5) is 15.1. The van der Waals surface area contributed by atoms with Gasteiger partial charge in [-0.15, -0.1) is 0 Å². The van der Waals surface area contributed by atoms with Gasteiger partial charge in [0.1, 0.15) is 4.90 Å². The molecule has 1 saturated heterocycles. The van der Waals surface area contributed by atoms with Gasteiger partial charge in [-0.3, -0.25) is 4.79 Å². The molecule has 0 radical (unpaired) electrons. The van der Waals surface area contributed by atoms with E-state index in [0.717, 1.165) is 22.4 Å². The lowest BCUT2D eigenvalue weighted by Gasteiger charge is -2.35. The number of aromatic nitrogens is 1. The molecule has 0 N–H and O–H groups in total. The number of hydrogen-bond donors (Lipinski definition) is 0. The van der Waals surface area contributed by atoms with Crippen LogP contribution in [-0.4, -0.2) is 43.5 Å². The number of aryl methyl sites for hydroxylation is 2. The summed E-state index contributed by atoms with van der Waals surface area (Å²) in [6.07, 6.45) is 1.65. The molecule has 0 saturated carbocycles. The number of benzene rings is 2. The zero-order valence-corrected chi connectivity index (χ0v) is 18.7. The Morgan fingerprint density at radius 2 is 1.58 bits per heavy atom. The molecule has 6 nitrogen and oxygen atoms in total. The second-order valence-electron chi connectivity index (χ2n) is 7.96. The third-order valence-corrected chi connectivity index (χ3v) is 7.72. The lowest BCUT2D eigenvalue weighted by Crippen LogP contribution is -2.49. The standard InChI is InChI=1S/C24H27N3O3S/c1-19-10-11-20(2)21(17-19)18-26-12-6-9-23(24(26)28)31(29,30)27-15-13-25(14-16-27)22-7-4-3-5-8-22/h3-12,17H,13-16,18H2,1-2H3. The highest BCUT2D eigenvalue weighted by Gasteiger charge is 2.31. The molecular formula is C24H27N3O3S. The van der Waals surface area contributed by atoms with Crippen molar-refractivity contribution in [2.24, 2.45) is 0 Å². The van der Waals surface area contributed by atoms with Crippen LogP contribution in [0.15, 0.2) is 76.6 Å². The average molecular weight is 438 g/mol. The summed E-state index contributed by atoms with van der Waals surface area (Å²) in [5.74, 6) is 0. The fourth-order valence-electron chi connectivity index (χ4n) is 3.95. The van der Waals surface area contributed by atoms with Crippen LogP contribution in [0.2, 0.25) is 0 Å². The van der Waals surface area contributed by atoms with Crippen LogP contribution in [0.3, 0.4) is 0 Å². The third kappa shape index (κ3) is 4.43. The van der Waals surface area contributed by atoms with Gasteiger partial charge in [0.2, 0.25) is 10.0 Å². The van der Waals surface area contributed by atoms with Gasteiger partial charge < -0.3 is 9.47 Å². The molecule has 0 bridgehead atoms. The first kappa shape index (κ1) is 21.3. The normalized spacial score (nSPS) is 15.2. The molecule has 0 atom stereocenters. The molecule has 4 rings (SSSR count). The minimum absolute atomic E-state index is 0.159. The number of hydrogen-bond acceptors (Lipinski definition) is 4.